The van der Waals surface area contributed by atoms with E-state index >= 15 is 0 Å². The number of ether oxygens (including phenoxy) is 2. The molecule has 0 fully saturated rings. The van der Waals surface area contributed by atoms with Gasteiger partial charge in [-0.1, -0.05) is 53.5 Å². The van der Waals surface area contributed by atoms with E-state index in [1.165, 1.54) is 5.56 Å². The third-order valence-electron chi connectivity index (χ3n) is 4.99. The van der Waals surface area contributed by atoms with Gasteiger partial charge in [0, 0.05) is 16.6 Å². The average Bonchev–Trinajstić information content (AvgIpc) is 2.73. The third kappa shape index (κ3) is 3.97. The first-order valence-electron chi connectivity index (χ1n) is 9.21. The number of nitrogens with one attached hydrogen (secondary N) is 1. The van der Waals surface area contributed by atoms with Gasteiger partial charge in [-0.2, -0.15) is 0 Å². The van der Waals surface area contributed by atoms with E-state index in [-0.39, 0.29) is 6.04 Å². The molecular weight excluding hydrogens is 393 g/mol. The fourth-order valence-corrected chi connectivity index (χ4v) is 3.99. The maximum Gasteiger partial charge on any atom is 0.162 e. The van der Waals surface area contributed by atoms with Crippen molar-refractivity contribution in [1.82, 2.24) is 5.32 Å². The number of rotatable bonds is 5. The molecule has 3 aromatic rings. The highest BCUT2D eigenvalue weighted by Gasteiger charge is 2.25. The van der Waals surface area contributed by atoms with Gasteiger partial charge in [0.25, 0.3) is 0 Å². The Bertz CT molecular complexity index is 976. The van der Waals surface area contributed by atoms with Crippen LogP contribution in [0.4, 0.5) is 0 Å². The Morgan fingerprint density at radius 1 is 0.964 bits per heavy atom. The zero-order chi connectivity index (χ0) is 19.5. The van der Waals surface area contributed by atoms with E-state index < -0.39 is 0 Å². The number of hydrogen-bond donors (Lipinski definition) is 1. The molecule has 0 bridgehead atoms. The zero-order valence-corrected chi connectivity index (χ0v) is 17.1. The van der Waals surface area contributed by atoms with Crippen LogP contribution in [-0.4, -0.2) is 13.7 Å². The molecule has 3 nitrogen and oxygen atoms in total. The largest absolute Gasteiger partial charge is 0.493 e. The number of fused-ring (bicyclic) bond motifs is 1. The minimum atomic E-state index is -0.0417. The van der Waals surface area contributed by atoms with Crippen molar-refractivity contribution in [2.24, 2.45) is 0 Å². The molecule has 1 heterocycles. The number of methoxy groups -OCH3 is 1. The third-order valence-corrected chi connectivity index (χ3v) is 5.56. The lowest BCUT2D eigenvalue weighted by atomic mass is 9.89. The van der Waals surface area contributed by atoms with Gasteiger partial charge in [0.05, 0.1) is 13.2 Å². The molecule has 1 N–H and O–H groups in total. The second kappa shape index (κ2) is 8.44. The van der Waals surface area contributed by atoms with Crippen molar-refractivity contribution in [3.63, 3.8) is 0 Å². The molecule has 28 heavy (non-hydrogen) atoms. The smallest absolute Gasteiger partial charge is 0.162 e. The van der Waals surface area contributed by atoms with Crippen LogP contribution in [0.3, 0.4) is 0 Å². The minimum absolute atomic E-state index is 0.0417. The summed E-state index contributed by atoms with van der Waals surface area (Å²) in [7, 11) is 1.67. The fraction of sp³-hybridized carbons (Fsp3) is 0.217. The van der Waals surface area contributed by atoms with E-state index in [1.807, 2.05) is 42.5 Å². The van der Waals surface area contributed by atoms with E-state index in [9.17, 15) is 0 Å². The van der Waals surface area contributed by atoms with E-state index in [0.717, 1.165) is 41.2 Å². The molecule has 1 aliphatic rings. The predicted octanol–water partition coefficient (Wildman–Crippen LogP) is 5.82. The van der Waals surface area contributed by atoms with Gasteiger partial charge in [-0.15, -0.1) is 0 Å². The highest BCUT2D eigenvalue weighted by Crippen LogP contribution is 2.40. The SMILES string of the molecule is COc1cc2c(cc1OCc1ccccc1)C(c1cc(Cl)ccc1Cl)NCC2. The summed E-state index contributed by atoms with van der Waals surface area (Å²) in [6.45, 7) is 1.33. The van der Waals surface area contributed by atoms with Gasteiger partial charge in [-0.25, -0.2) is 0 Å². The molecule has 1 atom stereocenters. The standard InChI is InChI=1S/C23H21Cl2NO2/c1-27-21-11-16-9-10-26-23(19-12-17(24)7-8-20(19)25)18(16)13-22(21)28-14-15-5-3-2-4-6-15/h2-8,11-13,23,26H,9-10,14H2,1H3. The molecule has 0 saturated carbocycles. The molecule has 144 valence electrons. The molecule has 5 heteroatoms. The van der Waals surface area contributed by atoms with Gasteiger partial charge in [-0.05, 0) is 59.0 Å². The first-order valence-corrected chi connectivity index (χ1v) is 9.97. The summed E-state index contributed by atoms with van der Waals surface area (Å²) in [5.74, 6) is 1.46. The second-order valence-corrected chi connectivity index (χ2v) is 7.62. The van der Waals surface area contributed by atoms with Crippen LogP contribution in [-0.2, 0) is 13.0 Å². The van der Waals surface area contributed by atoms with Crippen molar-refractivity contribution in [3.8, 4) is 11.5 Å². The monoisotopic (exact) mass is 413 g/mol. The van der Waals surface area contributed by atoms with Crippen LogP contribution >= 0.6 is 23.2 Å². The fourth-order valence-electron chi connectivity index (χ4n) is 3.59. The van der Waals surface area contributed by atoms with Crippen LogP contribution in [0.15, 0.2) is 60.7 Å². The summed E-state index contributed by atoms with van der Waals surface area (Å²) < 4.78 is 11.7. The van der Waals surface area contributed by atoms with Crippen molar-refractivity contribution < 1.29 is 9.47 Å². The van der Waals surface area contributed by atoms with Crippen LogP contribution < -0.4 is 14.8 Å². The highest BCUT2D eigenvalue weighted by atomic mass is 35.5. The second-order valence-electron chi connectivity index (χ2n) is 6.78. The number of halogens is 2. The molecule has 0 spiro atoms. The lowest BCUT2D eigenvalue weighted by Gasteiger charge is -2.29. The van der Waals surface area contributed by atoms with Crippen LogP contribution in [0.5, 0.6) is 11.5 Å². The van der Waals surface area contributed by atoms with E-state index in [4.69, 9.17) is 32.7 Å². The molecule has 1 aliphatic heterocycles. The zero-order valence-electron chi connectivity index (χ0n) is 15.5. The quantitative estimate of drug-likeness (QED) is 0.571. The summed E-state index contributed by atoms with van der Waals surface area (Å²) >= 11 is 12.7. The maximum atomic E-state index is 6.48. The van der Waals surface area contributed by atoms with Crippen LogP contribution in [0, 0.1) is 0 Å². The lowest BCUT2D eigenvalue weighted by Crippen LogP contribution is -2.31. The normalized spacial score (nSPS) is 15.8. The first-order chi connectivity index (χ1) is 13.7. The van der Waals surface area contributed by atoms with E-state index in [1.54, 1.807) is 13.2 Å². The van der Waals surface area contributed by atoms with Gasteiger partial charge in [0.15, 0.2) is 11.5 Å². The number of hydrogen-bond acceptors (Lipinski definition) is 3. The Morgan fingerprint density at radius 2 is 1.79 bits per heavy atom. The van der Waals surface area contributed by atoms with Gasteiger partial charge in [0.1, 0.15) is 6.61 Å². The molecule has 3 aromatic carbocycles. The van der Waals surface area contributed by atoms with Crippen LogP contribution in [0.1, 0.15) is 28.3 Å². The molecule has 0 aromatic heterocycles. The van der Waals surface area contributed by atoms with Gasteiger partial charge in [-0.3, -0.25) is 0 Å². The molecule has 0 radical (unpaired) electrons. The van der Waals surface area contributed by atoms with E-state index in [0.29, 0.717) is 16.7 Å². The summed E-state index contributed by atoms with van der Waals surface area (Å²) in [4.78, 5) is 0. The minimum Gasteiger partial charge on any atom is -0.493 e. The van der Waals surface area contributed by atoms with E-state index in [2.05, 4.69) is 17.4 Å². The first kappa shape index (κ1) is 19.1. The Hall–Kier alpha value is -2.20. The molecule has 0 amide bonds. The van der Waals surface area contributed by atoms with Gasteiger partial charge < -0.3 is 14.8 Å². The summed E-state index contributed by atoms with van der Waals surface area (Å²) in [5, 5.41) is 4.92. The molecular formula is C23H21Cl2NO2. The molecule has 4 rings (SSSR count). The van der Waals surface area contributed by atoms with Crippen molar-refractivity contribution in [2.75, 3.05) is 13.7 Å². The Morgan fingerprint density at radius 3 is 2.57 bits per heavy atom. The van der Waals surface area contributed by atoms with Crippen LogP contribution in [0.2, 0.25) is 10.0 Å². The van der Waals surface area contributed by atoms with Crippen molar-refractivity contribution in [1.29, 1.82) is 0 Å². The summed E-state index contributed by atoms with van der Waals surface area (Å²) in [6, 6.07) is 19.7. The van der Waals surface area contributed by atoms with Crippen molar-refractivity contribution >= 4 is 23.2 Å². The highest BCUT2D eigenvalue weighted by molar-refractivity contribution is 6.33. The predicted molar refractivity (Wildman–Crippen MR) is 114 cm³/mol. The molecule has 1 unspecified atom stereocenters. The van der Waals surface area contributed by atoms with Crippen molar-refractivity contribution in [2.45, 2.75) is 19.1 Å². The topological polar surface area (TPSA) is 30.5 Å². The van der Waals surface area contributed by atoms with Gasteiger partial charge >= 0.3 is 0 Å². The average molecular weight is 414 g/mol. The number of benzene rings is 3. The Balaban J connectivity index is 1.71. The summed E-state index contributed by atoms with van der Waals surface area (Å²) in [5.41, 5.74) is 4.44. The molecule has 0 saturated heterocycles. The van der Waals surface area contributed by atoms with Crippen LogP contribution in [0.25, 0.3) is 0 Å². The lowest BCUT2D eigenvalue weighted by molar-refractivity contribution is 0.283. The summed E-state index contributed by atoms with van der Waals surface area (Å²) in [6.07, 6.45) is 0.916. The molecule has 0 aliphatic carbocycles. The Kier molecular flexibility index (Phi) is 5.77. The Labute approximate surface area is 175 Å². The van der Waals surface area contributed by atoms with Gasteiger partial charge in [0.2, 0.25) is 0 Å². The van der Waals surface area contributed by atoms with Crippen molar-refractivity contribution in [3.05, 3.63) is 93.0 Å². The maximum absolute atomic E-state index is 6.48.